The van der Waals surface area contributed by atoms with Crippen LogP contribution >= 0.6 is 11.3 Å². The first-order chi connectivity index (χ1) is 8.13. The molecular formula is C13H20N2OS. The average molecular weight is 252 g/mol. The van der Waals surface area contributed by atoms with Gasteiger partial charge in [-0.05, 0) is 45.2 Å². The fourth-order valence-electron chi connectivity index (χ4n) is 2.56. The van der Waals surface area contributed by atoms with Crippen LogP contribution in [0.3, 0.4) is 0 Å². The number of amides is 1. The van der Waals surface area contributed by atoms with Crippen LogP contribution in [0.25, 0.3) is 0 Å². The Labute approximate surface area is 107 Å². The second-order valence-electron chi connectivity index (χ2n) is 4.79. The Kier molecular flexibility index (Phi) is 3.84. The Bertz CT molecular complexity index is 402. The van der Waals surface area contributed by atoms with E-state index in [4.69, 9.17) is 5.73 Å². The van der Waals surface area contributed by atoms with Crippen molar-refractivity contribution in [2.75, 3.05) is 6.54 Å². The molecule has 1 aliphatic rings. The number of carbonyl (C=O) groups excluding carboxylic acids is 1. The Balaban J connectivity index is 2.21. The van der Waals surface area contributed by atoms with Crippen LogP contribution in [0.1, 0.15) is 40.7 Å². The van der Waals surface area contributed by atoms with E-state index in [1.54, 1.807) is 11.3 Å². The Hall–Kier alpha value is -0.870. The van der Waals surface area contributed by atoms with E-state index in [0.29, 0.717) is 12.6 Å². The SMILES string of the molecule is Cc1ccc(C(=O)N2C(C)CCCC2CN)s1. The molecule has 2 rings (SSSR count). The van der Waals surface area contributed by atoms with E-state index in [1.807, 2.05) is 24.0 Å². The van der Waals surface area contributed by atoms with Gasteiger partial charge in [0.2, 0.25) is 0 Å². The van der Waals surface area contributed by atoms with Crippen LogP contribution in [0.5, 0.6) is 0 Å². The molecule has 0 bridgehead atoms. The molecule has 94 valence electrons. The van der Waals surface area contributed by atoms with Gasteiger partial charge in [0, 0.05) is 23.5 Å². The third kappa shape index (κ3) is 2.53. The highest BCUT2D eigenvalue weighted by atomic mass is 32.1. The van der Waals surface area contributed by atoms with Gasteiger partial charge in [0.15, 0.2) is 0 Å². The number of nitrogens with two attached hydrogens (primary N) is 1. The fourth-order valence-corrected chi connectivity index (χ4v) is 3.37. The summed E-state index contributed by atoms with van der Waals surface area (Å²) in [7, 11) is 0. The van der Waals surface area contributed by atoms with Crippen LogP contribution in [-0.4, -0.2) is 29.4 Å². The van der Waals surface area contributed by atoms with Crippen molar-refractivity contribution in [2.45, 2.75) is 45.2 Å². The Morgan fingerprint density at radius 1 is 1.53 bits per heavy atom. The number of hydrogen-bond acceptors (Lipinski definition) is 3. The number of thiophene rings is 1. The van der Waals surface area contributed by atoms with Crippen molar-refractivity contribution in [3.63, 3.8) is 0 Å². The molecule has 3 nitrogen and oxygen atoms in total. The van der Waals surface area contributed by atoms with Gasteiger partial charge in [0.25, 0.3) is 5.91 Å². The molecule has 17 heavy (non-hydrogen) atoms. The lowest BCUT2D eigenvalue weighted by Gasteiger charge is -2.40. The summed E-state index contributed by atoms with van der Waals surface area (Å²) in [6.07, 6.45) is 3.31. The quantitative estimate of drug-likeness (QED) is 0.878. The highest BCUT2D eigenvalue weighted by Crippen LogP contribution is 2.26. The van der Waals surface area contributed by atoms with Crippen LogP contribution in [-0.2, 0) is 0 Å². The Morgan fingerprint density at radius 2 is 2.29 bits per heavy atom. The zero-order chi connectivity index (χ0) is 12.4. The van der Waals surface area contributed by atoms with Crippen LogP contribution in [0.2, 0.25) is 0 Å². The summed E-state index contributed by atoms with van der Waals surface area (Å²) in [5.74, 6) is 0.158. The second kappa shape index (κ2) is 5.19. The predicted octanol–water partition coefficient (Wildman–Crippen LogP) is 2.40. The van der Waals surface area contributed by atoms with Crippen LogP contribution < -0.4 is 5.73 Å². The van der Waals surface area contributed by atoms with Crippen molar-refractivity contribution in [1.29, 1.82) is 0 Å². The van der Waals surface area contributed by atoms with Gasteiger partial charge in [-0.3, -0.25) is 4.79 Å². The molecule has 1 aliphatic heterocycles. The van der Waals surface area contributed by atoms with Gasteiger partial charge in [0.1, 0.15) is 0 Å². The van der Waals surface area contributed by atoms with Gasteiger partial charge in [-0.1, -0.05) is 0 Å². The van der Waals surface area contributed by atoms with Gasteiger partial charge < -0.3 is 10.6 Å². The van der Waals surface area contributed by atoms with E-state index in [0.717, 1.165) is 17.7 Å². The van der Waals surface area contributed by atoms with E-state index in [9.17, 15) is 4.79 Å². The zero-order valence-electron chi connectivity index (χ0n) is 10.5. The van der Waals surface area contributed by atoms with Crippen molar-refractivity contribution < 1.29 is 4.79 Å². The molecule has 2 atom stereocenters. The minimum absolute atomic E-state index is 0.158. The highest BCUT2D eigenvalue weighted by Gasteiger charge is 2.31. The van der Waals surface area contributed by atoms with Crippen molar-refractivity contribution in [3.05, 3.63) is 21.9 Å². The number of rotatable bonds is 2. The van der Waals surface area contributed by atoms with Gasteiger partial charge in [-0.2, -0.15) is 0 Å². The third-order valence-corrected chi connectivity index (χ3v) is 4.47. The first kappa shape index (κ1) is 12.6. The van der Waals surface area contributed by atoms with E-state index in [-0.39, 0.29) is 11.9 Å². The molecule has 2 unspecified atom stereocenters. The van der Waals surface area contributed by atoms with E-state index < -0.39 is 0 Å². The molecule has 0 spiro atoms. The molecule has 4 heteroatoms. The Morgan fingerprint density at radius 3 is 2.88 bits per heavy atom. The summed E-state index contributed by atoms with van der Waals surface area (Å²) in [6.45, 7) is 4.72. The number of nitrogens with zero attached hydrogens (tertiary/aromatic N) is 1. The zero-order valence-corrected chi connectivity index (χ0v) is 11.3. The highest BCUT2D eigenvalue weighted by molar-refractivity contribution is 7.13. The van der Waals surface area contributed by atoms with Gasteiger partial charge in [-0.25, -0.2) is 0 Å². The average Bonchev–Trinajstić information content (AvgIpc) is 2.74. The lowest BCUT2D eigenvalue weighted by molar-refractivity contribution is 0.0499. The molecule has 1 aromatic heterocycles. The van der Waals surface area contributed by atoms with Gasteiger partial charge in [0.05, 0.1) is 4.88 Å². The molecule has 0 aliphatic carbocycles. The van der Waals surface area contributed by atoms with Crippen LogP contribution in [0.15, 0.2) is 12.1 Å². The maximum Gasteiger partial charge on any atom is 0.264 e. The maximum atomic E-state index is 12.5. The molecule has 0 radical (unpaired) electrons. The molecule has 1 amide bonds. The van der Waals surface area contributed by atoms with Crippen LogP contribution in [0.4, 0.5) is 0 Å². The normalized spacial score (nSPS) is 25.0. The maximum absolute atomic E-state index is 12.5. The third-order valence-electron chi connectivity index (χ3n) is 3.49. The lowest BCUT2D eigenvalue weighted by Crippen LogP contribution is -2.51. The van der Waals surface area contributed by atoms with Crippen molar-refractivity contribution >= 4 is 17.2 Å². The van der Waals surface area contributed by atoms with E-state index >= 15 is 0 Å². The summed E-state index contributed by atoms with van der Waals surface area (Å²) in [5, 5.41) is 0. The van der Waals surface area contributed by atoms with E-state index in [2.05, 4.69) is 6.92 Å². The second-order valence-corrected chi connectivity index (χ2v) is 6.08. The minimum Gasteiger partial charge on any atom is -0.331 e. The van der Waals surface area contributed by atoms with E-state index in [1.165, 1.54) is 11.3 Å². The molecule has 1 saturated heterocycles. The van der Waals surface area contributed by atoms with Gasteiger partial charge in [-0.15, -0.1) is 11.3 Å². The standard InChI is InChI=1S/C13H20N2OS/c1-9-4-3-5-11(8-14)15(9)13(16)12-7-6-10(2)17-12/h6-7,9,11H,3-5,8,14H2,1-2H3. The molecule has 0 aromatic carbocycles. The number of carbonyl (C=O) groups is 1. The summed E-state index contributed by atoms with van der Waals surface area (Å²) in [6, 6.07) is 4.46. The molecule has 2 N–H and O–H groups in total. The molecule has 1 aromatic rings. The summed E-state index contributed by atoms with van der Waals surface area (Å²) >= 11 is 1.57. The number of aryl methyl sites for hydroxylation is 1. The predicted molar refractivity (Wildman–Crippen MR) is 71.4 cm³/mol. The lowest BCUT2D eigenvalue weighted by atomic mass is 9.96. The first-order valence-electron chi connectivity index (χ1n) is 6.22. The first-order valence-corrected chi connectivity index (χ1v) is 7.04. The monoisotopic (exact) mass is 252 g/mol. The molecular weight excluding hydrogens is 232 g/mol. The smallest absolute Gasteiger partial charge is 0.264 e. The topological polar surface area (TPSA) is 46.3 Å². The van der Waals surface area contributed by atoms with Crippen molar-refractivity contribution in [1.82, 2.24) is 4.90 Å². The summed E-state index contributed by atoms with van der Waals surface area (Å²) < 4.78 is 0. The van der Waals surface area contributed by atoms with Crippen LogP contribution in [0, 0.1) is 6.92 Å². The summed E-state index contributed by atoms with van der Waals surface area (Å²) in [5.41, 5.74) is 5.79. The largest absolute Gasteiger partial charge is 0.331 e. The fraction of sp³-hybridized carbons (Fsp3) is 0.615. The molecule has 0 saturated carbocycles. The van der Waals surface area contributed by atoms with Gasteiger partial charge >= 0.3 is 0 Å². The molecule has 1 fully saturated rings. The summed E-state index contributed by atoms with van der Waals surface area (Å²) in [4.78, 5) is 16.5. The number of piperidine rings is 1. The van der Waals surface area contributed by atoms with Crippen molar-refractivity contribution in [3.8, 4) is 0 Å². The number of likely N-dealkylation sites (tertiary alicyclic amines) is 1. The van der Waals surface area contributed by atoms with Crippen molar-refractivity contribution in [2.24, 2.45) is 5.73 Å². The molecule has 2 heterocycles. The number of hydrogen-bond donors (Lipinski definition) is 1. The minimum atomic E-state index is 0.158.